The number of hydrogen-bond donors (Lipinski definition) is 3. The number of nitriles is 1. The number of carbonyl (C=O) groups excluding carboxylic acids is 1. The van der Waals surface area contributed by atoms with Gasteiger partial charge in [0.2, 0.25) is 0 Å². The highest BCUT2D eigenvalue weighted by molar-refractivity contribution is 5.80. The number of benzene rings is 1. The molecule has 0 bridgehead atoms. The second-order valence-corrected chi connectivity index (χ2v) is 8.07. The molecule has 1 aromatic rings. The Morgan fingerprint density at radius 1 is 1.14 bits per heavy atom. The predicted molar refractivity (Wildman–Crippen MR) is 110 cm³/mol. The van der Waals surface area contributed by atoms with E-state index in [1.807, 2.05) is 45.0 Å². The number of aliphatic imine (C=N–C) groups is 1. The Labute approximate surface area is 167 Å². The van der Waals surface area contributed by atoms with Crippen LogP contribution in [0.25, 0.3) is 0 Å². The number of nitrogens with zero attached hydrogens (tertiary/aromatic N) is 2. The van der Waals surface area contributed by atoms with Crippen molar-refractivity contribution in [3.05, 3.63) is 35.4 Å². The summed E-state index contributed by atoms with van der Waals surface area (Å²) in [6.07, 6.45) is 3.38. The van der Waals surface area contributed by atoms with Gasteiger partial charge < -0.3 is 20.7 Å². The summed E-state index contributed by atoms with van der Waals surface area (Å²) in [5.74, 6) is 0.757. The maximum atomic E-state index is 11.9. The van der Waals surface area contributed by atoms with Crippen LogP contribution in [-0.4, -0.2) is 36.8 Å². The first-order chi connectivity index (χ1) is 13.3. The fourth-order valence-corrected chi connectivity index (χ4v) is 3.13. The van der Waals surface area contributed by atoms with Crippen molar-refractivity contribution >= 4 is 12.1 Å². The van der Waals surface area contributed by atoms with Gasteiger partial charge in [-0.05, 0) is 64.2 Å². The van der Waals surface area contributed by atoms with Crippen molar-refractivity contribution in [2.75, 3.05) is 7.05 Å². The molecule has 0 spiro atoms. The van der Waals surface area contributed by atoms with Crippen LogP contribution in [0.4, 0.5) is 4.79 Å². The van der Waals surface area contributed by atoms with Gasteiger partial charge in [0, 0.05) is 25.7 Å². The average molecular weight is 386 g/mol. The summed E-state index contributed by atoms with van der Waals surface area (Å²) in [6.45, 7) is 6.23. The smallest absolute Gasteiger partial charge is 0.407 e. The number of hydrogen-bond acceptors (Lipinski definition) is 4. The number of nitrogens with one attached hydrogen (secondary N) is 3. The fourth-order valence-electron chi connectivity index (χ4n) is 3.13. The van der Waals surface area contributed by atoms with E-state index in [2.05, 4.69) is 27.0 Å². The van der Waals surface area contributed by atoms with Crippen LogP contribution >= 0.6 is 0 Å². The third-order valence-corrected chi connectivity index (χ3v) is 4.56. The molecule has 1 saturated carbocycles. The minimum atomic E-state index is -0.476. The molecule has 0 atom stereocenters. The standard InChI is InChI=1S/C21H31N5O2/c1-21(2,3)28-20(27)26-18-11-9-17(10-12-18)25-19(23-4)24-14-16-7-5-15(13-22)6-8-16/h5-8,17-18H,9-12,14H2,1-4H3,(H,26,27)(H2,23,24,25). The number of ether oxygens (including phenoxy) is 1. The van der Waals surface area contributed by atoms with Crippen LogP contribution < -0.4 is 16.0 Å². The number of rotatable bonds is 4. The molecule has 1 aliphatic carbocycles. The lowest BCUT2D eigenvalue weighted by Gasteiger charge is -2.31. The summed E-state index contributed by atoms with van der Waals surface area (Å²) in [7, 11) is 1.75. The lowest BCUT2D eigenvalue weighted by Crippen LogP contribution is -2.47. The van der Waals surface area contributed by atoms with E-state index in [0.717, 1.165) is 37.2 Å². The van der Waals surface area contributed by atoms with Gasteiger partial charge in [-0.3, -0.25) is 4.99 Å². The highest BCUT2D eigenvalue weighted by Crippen LogP contribution is 2.19. The zero-order chi connectivity index (χ0) is 20.6. The lowest BCUT2D eigenvalue weighted by molar-refractivity contribution is 0.0490. The third-order valence-electron chi connectivity index (χ3n) is 4.56. The molecular weight excluding hydrogens is 354 g/mol. The van der Waals surface area contributed by atoms with E-state index in [1.165, 1.54) is 0 Å². The first-order valence-corrected chi connectivity index (χ1v) is 9.75. The average Bonchev–Trinajstić information content (AvgIpc) is 2.65. The second-order valence-electron chi connectivity index (χ2n) is 8.07. The first-order valence-electron chi connectivity index (χ1n) is 9.75. The van der Waals surface area contributed by atoms with E-state index < -0.39 is 5.60 Å². The van der Waals surface area contributed by atoms with E-state index >= 15 is 0 Å². The van der Waals surface area contributed by atoms with E-state index in [-0.39, 0.29) is 12.1 Å². The molecule has 7 heteroatoms. The highest BCUT2D eigenvalue weighted by atomic mass is 16.6. The van der Waals surface area contributed by atoms with E-state index in [9.17, 15) is 4.79 Å². The van der Waals surface area contributed by atoms with Crippen molar-refractivity contribution in [1.29, 1.82) is 5.26 Å². The monoisotopic (exact) mass is 385 g/mol. The maximum Gasteiger partial charge on any atom is 0.407 e. The zero-order valence-electron chi connectivity index (χ0n) is 17.2. The number of amides is 1. The van der Waals surface area contributed by atoms with Crippen LogP contribution in [0, 0.1) is 11.3 Å². The van der Waals surface area contributed by atoms with Crippen molar-refractivity contribution in [2.45, 2.75) is 70.7 Å². The molecule has 1 amide bonds. The maximum absolute atomic E-state index is 11.9. The molecule has 0 saturated heterocycles. The van der Waals surface area contributed by atoms with Gasteiger partial charge in [0.05, 0.1) is 11.6 Å². The summed E-state index contributed by atoms with van der Waals surface area (Å²) in [5.41, 5.74) is 1.27. The molecule has 3 N–H and O–H groups in total. The van der Waals surface area contributed by atoms with E-state index in [1.54, 1.807) is 7.05 Å². The molecule has 1 aromatic carbocycles. The van der Waals surface area contributed by atoms with Gasteiger partial charge in [-0.15, -0.1) is 0 Å². The molecule has 152 valence electrons. The van der Waals surface area contributed by atoms with Crippen LogP contribution in [0.15, 0.2) is 29.3 Å². The summed E-state index contributed by atoms with van der Waals surface area (Å²) < 4.78 is 5.33. The van der Waals surface area contributed by atoms with E-state index in [4.69, 9.17) is 10.00 Å². The Hall–Kier alpha value is -2.75. The largest absolute Gasteiger partial charge is 0.444 e. The van der Waals surface area contributed by atoms with Gasteiger partial charge in [-0.1, -0.05) is 12.1 Å². The Morgan fingerprint density at radius 3 is 2.21 bits per heavy atom. The molecule has 1 aliphatic rings. The van der Waals surface area contributed by atoms with Crippen LogP contribution in [0.5, 0.6) is 0 Å². The first kappa shape index (κ1) is 21.5. The summed E-state index contributed by atoms with van der Waals surface area (Å²) in [6, 6.07) is 10.1. The zero-order valence-corrected chi connectivity index (χ0v) is 17.2. The number of carbonyl (C=O) groups is 1. The van der Waals surface area contributed by atoms with Crippen LogP contribution in [0.2, 0.25) is 0 Å². The number of alkyl carbamates (subject to hydrolysis) is 1. The van der Waals surface area contributed by atoms with Crippen LogP contribution in [0.3, 0.4) is 0 Å². The molecule has 28 heavy (non-hydrogen) atoms. The molecule has 2 rings (SSSR count). The minimum Gasteiger partial charge on any atom is -0.444 e. The van der Waals surface area contributed by atoms with Crippen molar-refractivity contribution in [3.8, 4) is 6.07 Å². The quantitative estimate of drug-likeness (QED) is 0.546. The Bertz CT molecular complexity index is 708. The van der Waals surface area contributed by atoms with Crippen molar-refractivity contribution in [3.63, 3.8) is 0 Å². The molecule has 0 radical (unpaired) electrons. The third kappa shape index (κ3) is 7.47. The normalized spacial score (nSPS) is 20.0. The summed E-state index contributed by atoms with van der Waals surface area (Å²) in [5, 5.41) is 18.6. The number of guanidine groups is 1. The van der Waals surface area contributed by atoms with Crippen LogP contribution in [-0.2, 0) is 11.3 Å². The topological polar surface area (TPSA) is 98.5 Å². The Kier molecular flexibility index (Phi) is 7.68. The SMILES string of the molecule is CN=C(NCc1ccc(C#N)cc1)NC1CCC(NC(=O)OC(C)(C)C)CC1. The van der Waals surface area contributed by atoms with Gasteiger partial charge in [0.15, 0.2) is 5.96 Å². The van der Waals surface area contributed by atoms with Crippen LogP contribution in [0.1, 0.15) is 57.6 Å². The molecule has 7 nitrogen and oxygen atoms in total. The lowest BCUT2D eigenvalue weighted by atomic mass is 9.91. The van der Waals surface area contributed by atoms with Gasteiger partial charge in [-0.25, -0.2) is 4.79 Å². The fraction of sp³-hybridized carbons (Fsp3) is 0.571. The molecule has 0 heterocycles. The van der Waals surface area contributed by atoms with Crippen molar-refractivity contribution in [1.82, 2.24) is 16.0 Å². The predicted octanol–water partition coefficient (Wildman–Crippen LogP) is 3.06. The summed E-state index contributed by atoms with van der Waals surface area (Å²) >= 11 is 0. The van der Waals surface area contributed by atoms with E-state index in [0.29, 0.717) is 18.2 Å². The summed E-state index contributed by atoms with van der Waals surface area (Å²) in [4.78, 5) is 16.2. The van der Waals surface area contributed by atoms with Gasteiger partial charge in [-0.2, -0.15) is 5.26 Å². The minimum absolute atomic E-state index is 0.154. The molecule has 0 aromatic heterocycles. The molecule has 0 aliphatic heterocycles. The van der Waals surface area contributed by atoms with Gasteiger partial charge >= 0.3 is 6.09 Å². The Morgan fingerprint density at radius 2 is 1.71 bits per heavy atom. The molecule has 0 unspecified atom stereocenters. The molecule has 1 fully saturated rings. The molecular formula is C21H31N5O2. The highest BCUT2D eigenvalue weighted by Gasteiger charge is 2.25. The Balaban J connectivity index is 1.73. The van der Waals surface area contributed by atoms with Crippen molar-refractivity contribution in [2.24, 2.45) is 4.99 Å². The van der Waals surface area contributed by atoms with Crippen molar-refractivity contribution < 1.29 is 9.53 Å². The second kappa shape index (κ2) is 9.98. The van der Waals surface area contributed by atoms with Gasteiger partial charge in [0.1, 0.15) is 5.60 Å². The van der Waals surface area contributed by atoms with Gasteiger partial charge in [0.25, 0.3) is 0 Å².